The quantitative estimate of drug-likeness (QED) is 0.860. The van der Waals surface area contributed by atoms with Crippen LogP contribution in [0.3, 0.4) is 0 Å². The van der Waals surface area contributed by atoms with Gasteiger partial charge < -0.3 is 10.2 Å². The molecule has 2 atom stereocenters. The number of carbonyl (C=O) groups is 1. The lowest BCUT2D eigenvalue weighted by molar-refractivity contribution is -0.0434. The van der Waals surface area contributed by atoms with Gasteiger partial charge in [0, 0.05) is 12.0 Å². The summed E-state index contributed by atoms with van der Waals surface area (Å²) >= 11 is 0. The van der Waals surface area contributed by atoms with Gasteiger partial charge in [-0.1, -0.05) is 54.6 Å². The van der Waals surface area contributed by atoms with Crippen LogP contribution in [0.1, 0.15) is 27.6 Å². The Balaban J connectivity index is 2.00. The predicted octanol–water partition coefficient (Wildman–Crippen LogP) is 1.89. The van der Waals surface area contributed by atoms with Crippen molar-refractivity contribution >= 4 is 5.78 Å². The number of hydrogen-bond donors (Lipinski definition) is 2. The van der Waals surface area contributed by atoms with E-state index < -0.39 is 17.5 Å². The topological polar surface area (TPSA) is 57.5 Å². The third kappa shape index (κ3) is 1.79. The summed E-state index contributed by atoms with van der Waals surface area (Å²) < 4.78 is 0. The number of Topliss-reactive ketones (excluding diaryl/α,β-unsaturated/α-hetero) is 1. The van der Waals surface area contributed by atoms with Crippen LogP contribution in [-0.4, -0.2) is 21.6 Å². The van der Waals surface area contributed by atoms with Crippen molar-refractivity contribution in [1.82, 2.24) is 0 Å². The third-order valence-corrected chi connectivity index (χ3v) is 3.66. The van der Waals surface area contributed by atoms with Crippen molar-refractivity contribution in [2.24, 2.45) is 0 Å². The Kier molecular flexibility index (Phi) is 2.73. The van der Waals surface area contributed by atoms with Crippen LogP contribution in [0, 0.1) is 0 Å². The molecule has 0 unspecified atom stereocenters. The first-order valence-corrected chi connectivity index (χ1v) is 6.21. The van der Waals surface area contributed by atoms with Gasteiger partial charge in [-0.25, -0.2) is 0 Å². The van der Waals surface area contributed by atoms with Gasteiger partial charge in [0.25, 0.3) is 0 Å². The van der Waals surface area contributed by atoms with E-state index in [2.05, 4.69) is 0 Å². The molecule has 1 aliphatic carbocycles. The average molecular weight is 254 g/mol. The highest BCUT2D eigenvalue weighted by molar-refractivity contribution is 6.07. The highest BCUT2D eigenvalue weighted by atomic mass is 16.4. The summed E-state index contributed by atoms with van der Waals surface area (Å²) in [5.41, 5.74) is -0.0185. The Labute approximate surface area is 111 Å². The third-order valence-electron chi connectivity index (χ3n) is 3.66. The number of aliphatic hydroxyl groups excluding tert-OH is 1. The number of fused-ring (bicyclic) bond motifs is 1. The molecule has 3 nitrogen and oxygen atoms in total. The van der Waals surface area contributed by atoms with E-state index in [1.54, 1.807) is 24.3 Å². The van der Waals surface area contributed by atoms with Crippen molar-refractivity contribution in [2.75, 3.05) is 0 Å². The van der Waals surface area contributed by atoms with Gasteiger partial charge in [-0.05, 0) is 11.1 Å². The monoisotopic (exact) mass is 254 g/mol. The van der Waals surface area contributed by atoms with Crippen LogP contribution in [-0.2, 0) is 6.42 Å². The molecule has 0 aromatic heterocycles. The van der Waals surface area contributed by atoms with Crippen molar-refractivity contribution in [3.05, 3.63) is 71.3 Å². The van der Waals surface area contributed by atoms with Gasteiger partial charge in [0.2, 0.25) is 0 Å². The molecule has 3 rings (SSSR count). The molecule has 0 amide bonds. The normalized spacial score (nSPS) is 25.4. The fourth-order valence-electron chi connectivity index (χ4n) is 2.64. The lowest BCUT2D eigenvalue weighted by Crippen LogP contribution is -2.41. The molecule has 0 heterocycles. The van der Waals surface area contributed by atoms with E-state index in [9.17, 15) is 15.0 Å². The number of ketones is 1. The molecule has 0 aliphatic heterocycles. The zero-order valence-corrected chi connectivity index (χ0v) is 10.3. The molecule has 0 saturated carbocycles. The highest BCUT2D eigenvalue weighted by Crippen LogP contribution is 2.40. The minimum atomic E-state index is -1.76. The van der Waals surface area contributed by atoms with Crippen molar-refractivity contribution in [3.63, 3.8) is 0 Å². The van der Waals surface area contributed by atoms with E-state index in [4.69, 9.17) is 0 Å². The Bertz CT molecular complexity index is 621. The van der Waals surface area contributed by atoms with Gasteiger partial charge in [0.1, 0.15) is 6.10 Å². The summed E-state index contributed by atoms with van der Waals surface area (Å²) in [4.78, 5) is 12.3. The Hall–Kier alpha value is -1.97. The molecule has 96 valence electrons. The van der Waals surface area contributed by atoms with Crippen LogP contribution in [0.25, 0.3) is 0 Å². The summed E-state index contributed by atoms with van der Waals surface area (Å²) in [6.45, 7) is 0. The van der Waals surface area contributed by atoms with Gasteiger partial charge >= 0.3 is 0 Å². The maximum atomic E-state index is 12.3. The summed E-state index contributed by atoms with van der Waals surface area (Å²) in [6.07, 6.45) is -1.06. The number of aliphatic hydroxyl groups is 2. The average Bonchev–Trinajstić information content (AvgIpc) is 2.63. The van der Waals surface area contributed by atoms with Crippen LogP contribution >= 0.6 is 0 Å². The fourth-order valence-corrected chi connectivity index (χ4v) is 2.64. The zero-order valence-electron chi connectivity index (χ0n) is 10.3. The second-order valence-electron chi connectivity index (χ2n) is 4.91. The summed E-state index contributed by atoms with van der Waals surface area (Å²) in [7, 11) is 0. The molecule has 0 spiro atoms. The molecule has 0 saturated heterocycles. The van der Waals surface area contributed by atoms with Gasteiger partial charge in [-0.15, -0.1) is 0 Å². The smallest absolute Gasteiger partial charge is 0.198 e. The lowest BCUT2D eigenvalue weighted by atomic mass is 9.89. The zero-order chi connectivity index (χ0) is 13.5. The maximum absolute atomic E-state index is 12.3. The first-order valence-electron chi connectivity index (χ1n) is 6.21. The van der Waals surface area contributed by atoms with Crippen LogP contribution < -0.4 is 0 Å². The Morgan fingerprint density at radius 3 is 2.32 bits per heavy atom. The molecule has 1 aliphatic rings. The van der Waals surface area contributed by atoms with Crippen LogP contribution in [0.4, 0.5) is 0 Å². The largest absolute Gasteiger partial charge is 0.385 e. The van der Waals surface area contributed by atoms with Gasteiger partial charge in [-0.3, -0.25) is 4.79 Å². The van der Waals surface area contributed by atoms with E-state index in [0.29, 0.717) is 11.1 Å². The summed E-state index contributed by atoms with van der Waals surface area (Å²) in [5.74, 6) is -0.403. The predicted molar refractivity (Wildman–Crippen MR) is 70.8 cm³/mol. The van der Waals surface area contributed by atoms with Crippen molar-refractivity contribution in [2.45, 2.75) is 18.1 Å². The molecule has 19 heavy (non-hydrogen) atoms. The van der Waals surface area contributed by atoms with E-state index >= 15 is 0 Å². The van der Waals surface area contributed by atoms with Crippen molar-refractivity contribution < 1.29 is 15.0 Å². The molecule has 0 radical (unpaired) electrons. The molecular weight excluding hydrogens is 240 g/mol. The second kappa shape index (κ2) is 4.30. The van der Waals surface area contributed by atoms with Crippen molar-refractivity contribution in [1.29, 1.82) is 0 Å². The number of hydrogen-bond acceptors (Lipinski definition) is 3. The number of carbonyl (C=O) groups excluding carboxylic acids is 1. The molecule has 0 fully saturated rings. The lowest BCUT2D eigenvalue weighted by Gasteiger charge is -2.25. The first kappa shape index (κ1) is 12.1. The Morgan fingerprint density at radius 1 is 1.00 bits per heavy atom. The molecule has 2 aromatic rings. The number of benzene rings is 2. The first-order chi connectivity index (χ1) is 9.13. The molecule has 2 aromatic carbocycles. The molecular formula is C16H14O3. The van der Waals surface area contributed by atoms with Crippen LogP contribution in [0.5, 0.6) is 0 Å². The minimum absolute atomic E-state index is 0.114. The van der Waals surface area contributed by atoms with E-state index in [1.165, 1.54) is 0 Å². The summed E-state index contributed by atoms with van der Waals surface area (Å²) in [5, 5.41) is 20.9. The van der Waals surface area contributed by atoms with Gasteiger partial charge in [-0.2, -0.15) is 0 Å². The minimum Gasteiger partial charge on any atom is -0.385 e. The fraction of sp³-hybridized carbons (Fsp3) is 0.188. The van der Waals surface area contributed by atoms with Crippen LogP contribution in [0.15, 0.2) is 54.6 Å². The molecule has 0 bridgehead atoms. The second-order valence-corrected chi connectivity index (χ2v) is 4.91. The molecule has 2 N–H and O–H groups in total. The highest BCUT2D eigenvalue weighted by Gasteiger charge is 2.51. The van der Waals surface area contributed by atoms with Gasteiger partial charge in [0.15, 0.2) is 11.4 Å². The summed E-state index contributed by atoms with van der Waals surface area (Å²) in [6, 6.07) is 16.0. The number of rotatable bonds is 2. The maximum Gasteiger partial charge on any atom is 0.198 e. The van der Waals surface area contributed by atoms with Crippen molar-refractivity contribution in [3.8, 4) is 0 Å². The van der Waals surface area contributed by atoms with Gasteiger partial charge in [0.05, 0.1) is 0 Å². The standard InChI is InChI=1S/C16H14O3/c17-14-12-8-4-5-9-13(12)15(18)16(14,19)10-11-6-2-1-3-7-11/h1-9,14,17,19H,10H2/t14-,16-/m0/s1. The SMILES string of the molecule is O=C1c2ccccc2[C@H](O)[C@@]1(O)Cc1ccccc1. The van der Waals surface area contributed by atoms with E-state index in [0.717, 1.165) is 5.56 Å². The Morgan fingerprint density at radius 2 is 1.63 bits per heavy atom. The van der Waals surface area contributed by atoms with E-state index in [-0.39, 0.29) is 6.42 Å². The van der Waals surface area contributed by atoms with Crippen LogP contribution in [0.2, 0.25) is 0 Å². The molecule has 3 heteroatoms. The van der Waals surface area contributed by atoms with E-state index in [1.807, 2.05) is 30.3 Å².